The molecule has 1 aromatic heterocycles. The lowest BCUT2D eigenvalue weighted by Crippen LogP contribution is -2.26. The van der Waals surface area contributed by atoms with Crippen LogP contribution in [0.15, 0.2) is 24.4 Å². The largest absolute Gasteiger partial charge is 0.368 e. The van der Waals surface area contributed by atoms with Gasteiger partial charge >= 0.3 is 0 Å². The molecule has 1 amide bonds. The highest BCUT2D eigenvalue weighted by atomic mass is 35.5. The molecule has 6 heteroatoms. The summed E-state index contributed by atoms with van der Waals surface area (Å²) in [5, 5.41) is 4.23. The van der Waals surface area contributed by atoms with Crippen LogP contribution >= 0.6 is 22.9 Å². The Balaban J connectivity index is 1.66. The predicted octanol–water partition coefficient (Wildman–Crippen LogP) is 3.81. The average Bonchev–Trinajstić information content (AvgIpc) is 3.15. The third-order valence-electron chi connectivity index (χ3n) is 3.64. The Morgan fingerprint density at radius 2 is 2.41 bits per heavy atom. The van der Waals surface area contributed by atoms with Crippen LogP contribution in [0.25, 0.3) is 0 Å². The molecule has 1 fully saturated rings. The number of nitrogens with one attached hydrogen (secondary N) is 1. The van der Waals surface area contributed by atoms with Gasteiger partial charge in [0.2, 0.25) is 0 Å². The Kier molecular flexibility index (Phi) is 4.76. The van der Waals surface area contributed by atoms with Crippen LogP contribution in [0, 0.1) is 6.92 Å². The number of hydrogen-bond donors (Lipinski definition) is 1. The van der Waals surface area contributed by atoms with Crippen LogP contribution in [0.5, 0.6) is 0 Å². The Morgan fingerprint density at radius 1 is 1.55 bits per heavy atom. The molecule has 1 N–H and O–H groups in total. The molecule has 0 spiro atoms. The first-order chi connectivity index (χ1) is 10.6. The van der Waals surface area contributed by atoms with Crippen LogP contribution in [0.2, 0.25) is 5.02 Å². The second-order valence-corrected chi connectivity index (χ2v) is 6.84. The number of carbonyl (C=O) groups is 1. The minimum atomic E-state index is -0.335. The van der Waals surface area contributed by atoms with Gasteiger partial charge in [-0.15, -0.1) is 11.3 Å². The molecule has 0 radical (unpaired) electrons. The SMILES string of the molecule is Cc1cccc(Cc2cnc(NC(=O)[C@H]3CCCO3)s2)c1Cl. The maximum atomic E-state index is 12.0. The van der Waals surface area contributed by atoms with E-state index in [-0.39, 0.29) is 12.0 Å². The van der Waals surface area contributed by atoms with E-state index in [1.807, 2.05) is 25.1 Å². The minimum absolute atomic E-state index is 0.105. The molecule has 2 aromatic rings. The minimum Gasteiger partial charge on any atom is -0.368 e. The summed E-state index contributed by atoms with van der Waals surface area (Å²) in [6, 6.07) is 6.00. The number of thiazole rings is 1. The van der Waals surface area contributed by atoms with E-state index in [0.29, 0.717) is 18.2 Å². The van der Waals surface area contributed by atoms with Crippen molar-refractivity contribution in [1.82, 2.24) is 4.98 Å². The van der Waals surface area contributed by atoms with Gasteiger partial charge in [0.15, 0.2) is 5.13 Å². The summed E-state index contributed by atoms with van der Waals surface area (Å²) < 4.78 is 5.37. The lowest BCUT2D eigenvalue weighted by atomic mass is 10.1. The van der Waals surface area contributed by atoms with E-state index in [1.165, 1.54) is 11.3 Å². The molecule has 4 nitrogen and oxygen atoms in total. The number of ether oxygens (including phenoxy) is 1. The maximum Gasteiger partial charge on any atom is 0.255 e. The van der Waals surface area contributed by atoms with E-state index in [2.05, 4.69) is 10.3 Å². The molecule has 3 rings (SSSR count). The van der Waals surface area contributed by atoms with Crippen LogP contribution in [-0.4, -0.2) is 23.6 Å². The van der Waals surface area contributed by atoms with Crippen molar-refractivity contribution in [3.8, 4) is 0 Å². The van der Waals surface area contributed by atoms with Gasteiger partial charge in [0, 0.05) is 29.1 Å². The third-order valence-corrected chi connectivity index (χ3v) is 5.10. The van der Waals surface area contributed by atoms with Crippen molar-refractivity contribution < 1.29 is 9.53 Å². The lowest BCUT2D eigenvalue weighted by molar-refractivity contribution is -0.124. The van der Waals surface area contributed by atoms with Crippen LogP contribution in [0.1, 0.15) is 28.8 Å². The van der Waals surface area contributed by atoms with Crippen molar-refractivity contribution in [2.75, 3.05) is 11.9 Å². The summed E-state index contributed by atoms with van der Waals surface area (Å²) >= 11 is 7.79. The molecule has 1 saturated heterocycles. The molecule has 0 saturated carbocycles. The van der Waals surface area contributed by atoms with Crippen LogP contribution in [0.3, 0.4) is 0 Å². The Hall–Kier alpha value is -1.43. The normalized spacial score (nSPS) is 17.6. The monoisotopic (exact) mass is 336 g/mol. The van der Waals surface area contributed by atoms with Gasteiger partial charge in [-0.1, -0.05) is 29.8 Å². The standard InChI is InChI=1S/C16H17ClN2O2S/c1-10-4-2-5-11(14(10)17)8-12-9-18-16(22-12)19-15(20)13-6-3-7-21-13/h2,4-5,9,13H,3,6-8H2,1H3,(H,18,19,20)/t13-/m1/s1. The van der Waals surface area contributed by atoms with Crippen molar-refractivity contribution in [1.29, 1.82) is 0 Å². The Labute approximate surface area is 138 Å². The molecule has 22 heavy (non-hydrogen) atoms. The number of nitrogens with zero attached hydrogens (tertiary/aromatic N) is 1. The second-order valence-electron chi connectivity index (χ2n) is 5.35. The number of carbonyl (C=O) groups excluding carboxylic acids is 1. The first-order valence-corrected chi connectivity index (χ1v) is 8.44. The molecule has 1 aliphatic heterocycles. The van der Waals surface area contributed by atoms with Crippen molar-refractivity contribution >= 4 is 34.0 Å². The van der Waals surface area contributed by atoms with Gasteiger partial charge in [-0.05, 0) is 30.9 Å². The first-order valence-electron chi connectivity index (χ1n) is 7.24. The number of aryl methyl sites for hydroxylation is 1. The first kappa shape index (κ1) is 15.5. The molecule has 2 heterocycles. The van der Waals surface area contributed by atoms with Gasteiger partial charge in [0.1, 0.15) is 6.10 Å². The average molecular weight is 337 g/mol. The quantitative estimate of drug-likeness (QED) is 0.923. The summed E-state index contributed by atoms with van der Waals surface area (Å²) in [6.45, 7) is 2.65. The van der Waals surface area contributed by atoms with E-state index < -0.39 is 0 Å². The zero-order valence-electron chi connectivity index (χ0n) is 12.3. The molecule has 0 aliphatic carbocycles. The summed E-state index contributed by atoms with van der Waals surface area (Å²) in [5.41, 5.74) is 2.14. The molecular weight excluding hydrogens is 320 g/mol. The summed E-state index contributed by atoms with van der Waals surface area (Å²) in [5.74, 6) is -0.105. The predicted molar refractivity (Wildman–Crippen MR) is 88.7 cm³/mol. The number of amides is 1. The van der Waals surface area contributed by atoms with Gasteiger partial charge < -0.3 is 4.74 Å². The molecule has 1 aliphatic rings. The number of anilines is 1. The second kappa shape index (κ2) is 6.77. The van der Waals surface area contributed by atoms with E-state index in [1.54, 1.807) is 6.20 Å². The van der Waals surface area contributed by atoms with Gasteiger partial charge in [-0.2, -0.15) is 0 Å². The fourth-order valence-electron chi connectivity index (χ4n) is 2.45. The number of rotatable bonds is 4. The zero-order chi connectivity index (χ0) is 15.5. The number of aromatic nitrogens is 1. The molecule has 1 atom stereocenters. The highest BCUT2D eigenvalue weighted by Crippen LogP contribution is 2.27. The van der Waals surface area contributed by atoms with Crippen LogP contribution in [-0.2, 0) is 16.0 Å². The summed E-state index contributed by atoms with van der Waals surface area (Å²) in [6.07, 6.45) is 3.89. The highest BCUT2D eigenvalue weighted by Gasteiger charge is 2.24. The fourth-order valence-corrected chi connectivity index (χ4v) is 3.48. The number of halogens is 1. The fraction of sp³-hybridized carbons (Fsp3) is 0.375. The van der Waals surface area contributed by atoms with Gasteiger partial charge in [0.05, 0.1) is 0 Å². The van der Waals surface area contributed by atoms with Crippen LogP contribution in [0.4, 0.5) is 5.13 Å². The lowest BCUT2D eigenvalue weighted by Gasteiger charge is -2.07. The Bertz CT molecular complexity index is 681. The van der Waals surface area contributed by atoms with E-state index in [9.17, 15) is 4.79 Å². The van der Waals surface area contributed by atoms with Crippen LogP contribution < -0.4 is 5.32 Å². The van der Waals surface area contributed by atoms with E-state index in [0.717, 1.165) is 33.9 Å². The van der Waals surface area contributed by atoms with E-state index >= 15 is 0 Å². The number of benzene rings is 1. The van der Waals surface area contributed by atoms with Gasteiger partial charge in [0.25, 0.3) is 5.91 Å². The van der Waals surface area contributed by atoms with Crippen molar-refractivity contribution in [3.05, 3.63) is 45.4 Å². The molecular formula is C16H17ClN2O2S. The zero-order valence-corrected chi connectivity index (χ0v) is 13.8. The Morgan fingerprint density at radius 3 is 3.18 bits per heavy atom. The smallest absolute Gasteiger partial charge is 0.255 e. The third kappa shape index (κ3) is 3.48. The maximum absolute atomic E-state index is 12.0. The molecule has 0 unspecified atom stereocenters. The van der Waals surface area contributed by atoms with Gasteiger partial charge in [-0.3, -0.25) is 10.1 Å². The van der Waals surface area contributed by atoms with E-state index in [4.69, 9.17) is 16.3 Å². The topological polar surface area (TPSA) is 51.2 Å². The molecule has 0 bridgehead atoms. The van der Waals surface area contributed by atoms with Gasteiger partial charge in [-0.25, -0.2) is 4.98 Å². The summed E-state index contributed by atoms with van der Waals surface area (Å²) in [7, 11) is 0. The van der Waals surface area contributed by atoms with Crippen molar-refractivity contribution in [2.45, 2.75) is 32.3 Å². The number of hydrogen-bond acceptors (Lipinski definition) is 4. The molecule has 116 valence electrons. The summed E-state index contributed by atoms with van der Waals surface area (Å²) in [4.78, 5) is 17.3. The molecule has 1 aromatic carbocycles. The van der Waals surface area contributed by atoms with Crippen molar-refractivity contribution in [2.24, 2.45) is 0 Å². The highest BCUT2D eigenvalue weighted by molar-refractivity contribution is 7.15. The van der Waals surface area contributed by atoms with Crippen molar-refractivity contribution in [3.63, 3.8) is 0 Å².